The molecule has 1 unspecified atom stereocenters. The molecular weight excluding hydrogens is 336 g/mol. The van der Waals surface area contributed by atoms with Crippen LogP contribution in [0.3, 0.4) is 0 Å². The molecule has 0 spiro atoms. The molecule has 0 bridgehead atoms. The van der Waals surface area contributed by atoms with Crippen molar-refractivity contribution in [2.45, 2.75) is 12.1 Å². The van der Waals surface area contributed by atoms with E-state index >= 15 is 0 Å². The molecule has 2 atom stereocenters. The predicted molar refractivity (Wildman–Crippen MR) is 94.7 cm³/mol. The Kier molecular flexibility index (Phi) is 5.10. The van der Waals surface area contributed by atoms with E-state index < -0.39 is 29.6 Å². The molecule has 0 radical (unpaired) electrons. The van der Waals surface area contributed by atoms with E-state index in [1.54, 1.807) is 6.08 Å². The topological polar surface area (TPSA) is 50.7 Å². The van der Waals surface area contributed by atoms with Crippen molar-refractivity contribution in [2.24, 2.45) is 5.73 Å². The molecule has 0 fully saturated rings. The van der Waals surface area contributed by atoms with Crippen LogP contribution in [0.25, 0.3) is 10.4 Å². The van der Waals surface area contributed by atoms with Crippen LogP contribution in [0.1, 0.15) is 17.2 Å². The third-order valence-electron chi connectivity index (χ3n) is 4.34. The van der Waals surface area contributed by atoms with Gasteiger partial charge in [-0.2, -0.15) is 0 Å². The summed E-state index contributed by atoms with van der Waals surface area (Å²) in [5.74, 6) is -1.49. The summed E-state index contributed by atoms with van der Waals surface area (Å²) in [5.41, 5.74) is 7.30. The lowest BCUT2D eigenvalue weighted by atomic mass is 10.0. The lowest BCUT2D eigenvalue weighted by molar-refractivity contribution is -0.132. The quantitative estimate of drug-likeness (QED) is 0.859. The molecule has 0 saturated heterocycles. The average Bonchev–Trinajstić information content (AvgIpc) is 3.09. The Morgan fingerprint density at radius 3 is 2.69 bits per heavy atom. The number of halogens is 2. The van der Waals surface area contributed by atoms with Crippen LogP contribution in [0.2, 0.25) is 0 Å². The standard InChI is InChI=1S/C20H17F2N3O/c1-24-11-18(23)20(26)25-12-14(16-10-15(21)7-8-17(16)22)9-19(25)13-5-3-2-4-6-13/h2-10,18-19H,11-12,23H2/t18-,19?/m0/s1. The Morgan fingerprint density at radius 1 is 1.27 bits per heavy atom. The highest BCUT2D eigenvalue weighted by Crippen LogP contribution is 2.35. The van der Waals surface area contributed by atoms with E-state index in [0.29, 0.717) is 5.57 Å². The number of amides is 1. The van der Waals surface area contributed by atoms with Crippen molar-refractivity contribution in [3.63, 3.8) is 0 Å². The largest absolute Gasteiger partial charge is 0.326 e. The summed E-state index contributed by atoms with van der Waals surface area (Å²) in [4.78, 5) is 17.4. The third kappa shape index (κ3) is 3.48. The highest BCUT2D eigenvalue weighted by atomic mass is 19.1. The van der Waals surface area contributed by atoms with E-state index in [1.165, 1.54) is 4.90 Å². The highest BCUT2D eigenvalue weighted by molar-refractivity contribution is 5.87. The second-order valence-electron chi connectivity index (χ2n) is 6.08. The van der Waals surface area contributed by atoms with Crippen LogP contribution in [0, 0.1) is 18.2 Å². The zero-order chi connectivity index (χ0) is 18.7. The minimum Gasteiger partial charge on any atom is -0.326 e. The van der Waals surface area contributed by atoms with Gasteiger partial charge in [0.25, 0.3) is 0 Å². The lowest BCUT2D eigenvalue weighted by Crippen LogP contribution is -2.45. The molecule has 26 heavy (non-hydrogen) atoms. The fourth-order valence-electron chi connectivity index (χ4n) is 3.06. The molecule has 3 rings (SSSR count). The molecule has 132 valence electrons. The summed E-state index contributed by atoms with van der Waals surface area (Å²) >= 11 is 0. The minimum absolute atomic E-state index is 0.102. The molecule has 1 aliphatic rings. The van der Waals surface area contributed by atoms with Gasteiger partial charge in [-0.15, -0.1) is 0 Å². The SMILES string of the molecule is [C-]#[N+]C[C@H](N)C(=O)N1CC(c2cc(F)ccc2F)=CC1c1ccccc1. The minimum atomic E-state index is -0.955. The van der Waals surface area contributed by atoms with Gasteiger partial charge in [0.05, 0.1) is 6.04 Å². The number of rotatable bonds is 4. The molecule has 0 aliphatic carbocycles. The zero-order valence-electron chi connectivity index (χ0n) is 13.9. The summed E-state index contributed by atoms with van der Waals surface area (Å²) < 4.78 is 27.8. The van der Waals surface area contributed by atoms with Gasteiger partial charge in [0.15, 0.2) is 6.04 Å². The molecule has 1 aliphatic heterocycles. The third-order valence-corrected chi connectivity index (χ3v) is 4.34. The second-order valence-corrected chi connectivity index (χ2v) is 6.08. The van der Waals surface area contributed by atoms with Gasteiger partial charge in [-0.1, -0.05) is 36.4 Å². The molecule has 2 N–H and O–H groups in total. The molecule has 1 amide bonds. The van der Waals surface area contributed by atoms with E-state index in [4.69, 9.17) is 12.3 Å². The normalized spacial score (nSPS) is 17.5. The average molecular weight is 353 g/mol. The fourth-order valence-corrected chi connectivity index (χ4v) is 3.06. The van der Waals surface area contributed by atoms with Crippen LogP contribution in [0.15, 0.2) is 54.6 Å². The maximum atomic E-state index is 14.2. The Bertz CT molecular complexity index is 890. The van der Waals surface area contributed by atoms with Gasteiger partial charge < -0.3 is 15.5 Å². The molecular formula is C20H17F2N3O. The monoisotopic (exact) mass is 353 g/mol. The first-order valence-electron chi connectivity index (χ1n) is 8.11. The smallest absolute Gasteiger partial charge is 0.248 e. The summed E-state index contributed by atoms with van der Waals surface area (Å²) in [5, 5.41) is 0. The van der Waals surface area contributed by atoms with E-state index in [2.05, 4.69) is 4.85 Å². The van der Waals surface area contributed by atoms with Gasteiger partial charge in [0.1, 0.15) is 11.6 Å². The molecule has 0 aromatic heterocycles. The maximum Gasteiger partial charge on any atom is 0.248 e. The summed E-state index contributed by atoms with van der Waals surface area (Å²) in [6.07, 6.45) is 1.75. The maximum absolute atomic E-state index is 14.2. The summed E-state index contributed by atoms with van der Waals surface area (Å²) in [6.45, 7) is 6.88. The number of carbonyl (C=O) groups excluding carboxylic acids is 1. The Hall–Kier alpha value is -3.04. The van der Waals surface area contributed by atoms with Crippen LogP contribution >= 0.6 is 0 Å². The van der Waals surface area contributed by atoms with E-state index in [9.17, 15) is 13.6 Å². The van der Waals surface area contributed by atoms with Crippen molar-refractivity contribution >= 4 is 11.5 Å². The Morgan fingerprint density at radius 2 is 2.00 bits per heavy atom. The van der Waals surface area contributed by atoms with Crippen molar-refractivity contribution < 1.29 is 13.6 Å². The first-order valence-corrected chi connectivity index (χ1v) is 8.11. The van der Waals surface area contributed by atoms with Crippen LogP contribution in [0.5, 0.6) is 0 Å². The van der Waals surface area contributed by atoms with Gasteiger partial charge in [-0.25, -0.2) is 15.4 Å². The Labute approximate surface area is 150 Å². The first-order chi connectivity index (χ1) is 12.5. The zero-order valence-corrected chi connectivity index (χ0v) is 13.9. The first kappa shape index (κ1) is 17.8. The highest BCUT2D eigenvalue weighted by Gasteiger charge is 2.34. The van der Waals surface area contributed by atoms with Gasteiger partial charge in [-0.05, 0) is 29.3 Å². The summed E-state index contributed by atoms with van der Waals surface area (Å²) in [6, 6.07) is 11.1. The lowest BCUT2D eigenvalue weighted by Gasteiger charge is -2.26. The van der Waals surface area contributed by atoms with Crippen molar-refractivity contribution in [2.75, 3.05) is 13.1 Å². The fraction of sp³-hybridized carbons (Fsp3) is 0.200. The summed E-state index contributed by atoms with van der Waals surface area (Å²) in [7, 11) is 0. The van der Waals surface area contributed by atoms with E-state index in [-0.39, 0.29) is 18.7 Å². The van der Waals surface area contributed by atoms with Crippen LogP contribution < -0.4 is 5.73 Å². The number of nitrogens with two attached hydrogens (primary N) is 1. The van der Waals surface area contributed by atoms with Crippen LogP contribution in [-0.4, -0.2) is 29.9 Å². The molecule has 6 heteroatoms. The van der Waals surface area contributed by atoms with Gasteiger partial charge in [0, 0.05) is 12.1 Å². The molecule has 4 nitrogen and oxygen atoms in total. The van der Waals surface area contributed by atoms with E-state index in [1.807, 2.05) is 30.3 Å². The van der Waals surface area contributed by atoms with Gasteiger partial charge in [-0.3, -0.25) is 4.79 Å². The van der Waals surface area contributed by atoms with Crippen molar-refractivity contribution in [1.29, 1.82) is 0 Å². The van der Waals surface area contributed by atoms with Crippen LogP contribution in [-0.2, 0) is 4.79 Å². The van der Waals surface area contributed by atoms with Crippen LogP contribution in [0.4, 0.5) is 8.78 Å². The second kappa shape index (κ2) is 7.46. The molecule has 2 aromatic carbocycles. The van der Waals surface area contributed by atoms with Crippen molar-refractivity contribution in [3.8, 4) is 0 Å². The number of nitrogens with zero attached hydrogens (tertiary/aromatic N) is 2. The van der Waals surface area contributed by atoms with E-state index in [0.717, 1.165) is 23.8 Å². The van der Waals surface area contributed by atoms with Gasteiger partial charge in [0.2, 0.25) is 12.5 Å². The van der Waals surface area contributed by atoms with Gasteiger partial charge >= 0.3 is 0 Å². The number of benzene rings is 2. The Balaban J connectivity index is 2.00. The molecule has 2 aromatic rings. The number of hydrogen-bond donors (Lipinski definition) is 1. The number of hydrogen-bond acceptors (Lipinski definition) is 2. The van der Waals surface area contributed by atoms with Crippen molar-refractivity contribution in [1.82, 2.24) is 4.90 Å². The van der Waals surface area contributed by atoms with Crippen molar-refractivity contribution in [3.05, 3.63) is 88.8 Å². The predicted octanol–water partition coefficient (Wildman–Crippen LogP) is 3.18. The molecule has 0 saturated carbocycles. The number of carbonyl (C=O) groups is 1. The molecule has 1 heterocycles.